The fourth-order valence-corrected chi connectivity index (χ4v) is 5.81. The zero-order valence-corrected chi connectivity index (χ0v) is 23.9. The number of morpholine rings is 1. The highest BCUT2D eigenvalue weighted by Crippen LogP contribution is 2.32. The number of benzene rings is 1. The summed E-state index contributed by atoms with van der Waals surface area (Å²) in [5.41, 5.74) is 0.330. The van der Waals surface area contributed by atoms with Crippen LogP contribution in [0.4, 0.5) is 20.5 Å². The molecule has 0 bridgehead atoms. The van der Waals surface area contributed by atoms with Crippen LogP contribution in [0.2, 0.25) is 0 Å². The first-order valence-corrected chi connectivity index (χ1v) is 14.3. The Bertz CT molecular complexity index is 1280. The second kappa shape index (κ2) is 11.9. The molecule has 0 radical (unpaired) electrons. The van der Waals surface area contributed by atoms with Crippen LogP contribution in [0.5, 0.6) is 0 Å². The van der Waals surface area contributed by atoms with E-state index in [1.807, 2.05) is 19.9 Å². The van der Waals surface area contributed by atoms with Crippen LogP contribution in [-0.4, -0.2) is 87.1 Å². The van der Waals surface area contributed by atoms with E-state index >= 15 is 0 Å². The van der Waals surface area contributed by atoms with Gasteiger partial charge >= 0.3 is 0 Å². The summed E-state index contributed by atoms with van der Waals surface area (Å²) in [6.07, 6.45) is 1.47. The number of anilines is 2. The van der Waals surface area contributed by atoms with Gasteiger partial charge in [-0.25, -0.2) is 13.8 Å². The van der Waals surface area contributed by atoms with Crippen LogP contribution >= 0.6 is 0 Å². The average molecular weight is 558 g/mol. The molecular weight excluding hydrogens is 516 g/mol. The van der Waals surface area contributed by atoms with Crippen molar-refractivity contribution in [3.05, 3.63) is 36.2 Å². The van der Waals surface area contributed by atoms with Crippen LogP contribution in [0.15, 0.2) is 30.3 Å². The van der Waals surface area contributed by atoms with E-state index in [1.54, 1.807) is 24.3 Å². The first-order chi connectivity index (χ1) is 19.1. The number of aromatic nitrogens is 4. The molecule has 3 heterocycles. The topological polar surface area (TPSA) is 91.6 Å². The van der Waals surface area contributed by atoms with Crippen molar-refractivity contribution in [1.82, 2.24) is 24.4 Å². The molecule has 0 amide bonds. The lowest BCUT2D eigenvalue weighted by molar-refractivity contribution is -0.0244. The van der Waals surface area contributed by atoms with Crippen LogP contribution in [0.3, 0.4) is 0 Å². The third-order valence-electron chi connectivity index (χ3n) is 8.62. The molecule has 40 heavy (non-hydrogen) atoms. The number of nitrogens with one attached hydrogen (secondary N) is 1. The first-order valence-electron chi connectivity index (χ1n) is 14.3. The van der Waals surface area contributed by atoms with Gasteiger partial charge in [0.15, 0.2) is 5.82 Å². The Kier molecular flexibility index (Phi) is 8.53. The van der Waals surface area contributed by atoms with Crippen molar-refractivity contribution in [3.63, 3.8) is 0 Å². The molecule has 1 saturated carbocycles. The van der Waals surface area contributed by atoms with E-state index in [2.05, 4.69) is 34.1 Å². The molecule has 1 aliphatic heterocycles. The van der Waals surface area contributed by atoms with Gasteiger partial charge in [0.25, 0.3) is 6.43 Å². The molecule has 1 saturated heterocycles. The number of nitrogens with zero attached hydrogens (tertiary/aromatic N) is 6. The molecule has 2 fully saturated rings. The quantitative estimate of drug-likeness (QED) is 0.393. The van der Waals surface area contributed by atoms with Crippen molar-refractivity contribution in [3.8, 4) is 5.82 Å². The molecule has 1 unspecified atom stereocenters. The molecule has 218 valence electrons. The number of halogens is 2. The minimum atomic E-state index is -2.75. The zero-order chi connectivity index (χ0) is 28.4. The van der Waals surface area contributed by atoms with Crippen LogP contribution < -0.4 is 10.2 Å². The molecule has 1 aromatic carbocycles. The van der Waals surface area contributed by atoms with Crippen LogP contribution in [0.25, 0.3) is 16.9 Å². The normalized spacial score (nSPS) is 21.4. The fraction of sp³-hybridized carbons (Fsp3) is 0.621. The molecule has 5 rings (SSSR count). The number of aliphatic hydroxyl groups is 1. The summed E-state index contributed by atoms with van der Waals surface area (Å²) in [5, 5.41) is 13.9. The minimum Gasteiger partial charge on any atom is -0.389 e. The molecule has 2 N–H and O–H groups in total. The van der Waals surface area contributed by atoms with Gasteiger partial charge in [0.1, 0.15) is 11.6 Å². The number of alkyl halides is 2. The number of likely N-dealkylation sites (N-methyl/N-ethyl adjacent to an activating group) is 1. The summed E-state index contributed by atoms with van der Waals surface area (Å²) >= 11 is 0. The summed E-state index contributed by atoms with van der Waals surface area (Å²) in [6.45, 7) is 9.01. The fourth-order valence-electron chi connectivity index (χ4n) is 5.81. The zero-order valence-electron chi connectivity index (χ0n) is 23.9. The lowest BCUT2D eigenvalue weighted by atomic mass is 9.84. The maximum absolute atomic E-state index is 14.1. The third kappa shape index (κ3) is 6.21. The predicted octanol–water partition coefficient (Wildman–Crippen LogP) is 4.65. The number of hydrogen-bond donors (Lipinski definition) is 2. The number of ether oxygens (including phenoxy) is 1. The summed E-state index contributed by atoms with van der Waals surface area (Å²) < 4.78 is 35.2. The molecule has 0 spiro atoms. The van der Waals surface area contributed by atoms with Gasteiger partial charge in [-0.15, -0.1) is 0 Å². The van der Waals surface area contributed by atoms with Crippen molar-refractivity contribution >= 4 is 22.8 Å². The Morgan fingerprint density at radius 2 is 1.75 bits per heavy atom. The Labute approximate surface area is 234 Å². The number of hydrogen-bond acceptors (Lipinski definition) is 8. The number of imidazole rings is 1. The van der Waals surface area contributed by atoms with Crippen LogP contribution in [0.1, 0.15) is 58.7 Å². The second-order valence-electron chi connectivity index (χ2n) is 11.7. The van der Waals surface area contributed by atoms with Crippen molar-refractivity contribution in [1.29, 1.82) is 0 Å². The molecule has 3 aromatic rings. The number of para-hydroxylation sites is 2. The van der Waals surface area contributed by atoms with E-state index < -0.39 is 12.0 Å². The molecule has 1 aliphatic carbocycles. The highest BCUT2D eigenvalue weighted by Gasteiger charge is 2.32. The Morgan fingerprint density at radius 1 is 1.07 bits per heavy atom. The van der Waals surface area contributed by atoms with E-state index in [1.165, 1.54) is 4.57 Å². The number of rotatable bonds is 9. The lowest BCUT2D eigenvalue weighted by Gasteiger charge is -2.42. The van der Waals surface area contributed by atoms with Gasteiger partial charge in [-0.05, 0) is 71.6 Å². The molecule has 9 nitrogen and oxygen atoms in total. The van der Waals surface area contributed by atoms with E-state index in [4.69, 9.17) is 14.7 Å². The third-order valence-corrected chi connectivity index (χ3v) is 8.62. The summed E-state index contributed by atoms with van der Waals surface area (Å²) in [7, 11) is 2.10. The van der Waals surface area contributed by atoms with Crippen molar-refractivity contribution in [2.75, 3.05) is 50.1 Å². The van der Waals surface area contributed by atoms with Gasteiger partial charge in [-0.1, -0.05) is 12.1 Å². The predicted molar refractivity (Wildman–Crippen MR) is 152 cm³/mol. The lowest BCUT2D eigenvalue weighted by Crippen LogP contribution is -2.50. The number of fused-ring (bicyclic) bond motifs is 1. The first kappa shape index (κ1) is 28.6. The highest BCUT2D eigenvalue weighted by molar-refractivity contribution is 5.78. The summed E-state index contributed by atoms with van der Waals surface area (Å²) in [6, 6.07) is 9.39. The standard InChI is InChI=1S/C29H41F2N7O2/c1-19(29(2,3)39)36(4)21-11-9-20(10-12-21)18-32-28-34-24(37-13-15-40-16-14-37)17-25(35-28)38-23-8-6-5-7-22(23)33-27(38)26(30)31/h5-8,17,19-21,26,39H,9-16,18H2,1-4H3,(H,32,34,35). The van der Waals surface area contributed by atoms with E-state index in [0.29, 0.717) is 73.4 Å². The SMILES string of the molecule is CC(N(C)C1CCC(CNc2nc(N3CCOCC3)cc(-n3c(C(F)F)nc4ccccc43)n2)CC1)C(C)(C)O. The van der Waals surface area contributed by atoms with Crippen molar-refractivity contribution < 1.29 is 18.6 Å². The van der Waals surface area contributed by atoms with Crippen LogP contribution in [0, 0.1) is 5.92 Å². The van der Waals surface area contributed by atoms with E-state index in [0.717, 1.165) is 25.7 Å². The van der Waals surface area contributed by atoms with E-state index in [9.17, 15) is 13.9 Å². The molecule has 2 aliphatic rings. The molecular formula is C29H41F2N7O2. The maximum atomic E-state index is 14.1. The molecule has 2 aromatic heterocycles. The highest BCUT2D eigenvalue weighted by atomic mass is 19.3. The Morgan fingerprint density at radius 3 is 2.42 bits per heavy atom. The Hall–Kier alpha value is -2.89. The van der Waals surface area contributed by atoms with Crippen molar-refractivity contribution in [2.45, 2.75) is 70.6 Å². The average Bonchev–Trinajstić information content (AvgIpc) is 3.36. The van der Waals surface area contributed by atoms with Crippen molar-refractivity contribution in [2.24, 2.45) is 5.92 Å². The van der Waals surface area contributed by atoms with E-state index in [-0.39, 0.29) is 11.9 Å². The largest absolute Gasteiger partial charge is 0.389 e. The minimum absolute atomic E-state index is 0.0688. The van der Waals surface area contributed by atoms with Gasteiger partial charge < -0.3 is 20.1 Å². The van der Waals surface area contributed by atoms with Gasteiger partial charge in [-0.3, -0.25) is 9.47 Å². The maximum Gasteiger partial charge on any atom is 0.296 e. The molecule has 1 atom stereocenters. The summed E-state index contributed by atoms with van der Waals surface area (Å²) in [4.78, 5) is 18.1. The van der Waals surface area contributed by atoms with Gasteiger partial charge in [0, 0.05) is 37.8 Å². The van der Waals surface area contributed by atoms with Gasteiger partial charge in [0.2, 0.25) is 5.95 Å². The monoisotopic (exact) mass is 557 g/mol. The van der Waals surface area contributed by atoms with Gasteiger partial charge in [0.05, 0.1) is 29.8 Å². The van der Waals surface area contributed by atoms with Crippen LogP contribution in [-0.2, 0) is 4.74 Å². The summed E-state index contributed by atoms with van der Waals surface area (Å²) in [5.74, 6) is 1.59. The van der Waals surface area contributed by atoms with Gasteiger partial charge in [-0.2, -0.15) is 9.97 Å². The molecule has 11 heteroatoms. The second-order valence-corrected chi connectivity index (χ2v) is 11.7. The smallest absolute Gasteiger partial charge is 0.296 e. The Balaban J connectivity index is 1.36.